The minimum Gasteiger partial charge on any atom is -0.391 e. The lowest BCUT2D eigenvalue weighted by Crippen LogP contribution is -2.45. The molecule has 1 fully saturated rings. The highest BCUT2D eigenvalue weighted by molar-refractivity contribution is 5.76. The second-order valence-corrected chi connectivity index (χ2v) is 6.23. The fourth-order valence-corrected chi connectivity index (χ4v) is 2.53. The zero-order valence-corrected chi connectivity index (χ0v) is 11.7. The molecule has 4 nitrogen and oxygen atoms in total. The molecule has 106 valence electrons. The highest BCUT2D eigenvalue weighted by Gasteiger charge is 2.25. The second-order valence-electron chi connectivity index (χ2n) is 6.23. The van der Waals surface area contributed by atoms with Gasteiger partial charge in [0.25, 0.3) is 0 Å². The molecule has 0 spiro atoms. The molecule has 1 aliphatic carbocycles. The van der Waals surface area contributed by atoms with Gasteiger partial charge >= 0.3 is 0 Å². The van der Waals surface area contributed by atoms with Gasteiger partial charge in [-0.25, -0.2) is 0 Å². The summed E-state index contributed by atoms with van der Waals surface area (Å²) in [7, 11) is 0. The number of carbonyl (C=O) groups excluding carboxylic acids is 1. The fraction of sp³-hybridized carbons (Fsp3) is 0.929. The van der Waals surface area contributed by atoms with Gasteiger partial charge in [0, 0.05) is 6.42 Å². The first-order chi connectivity index (χ1) is 8.44. The van der Waals surface area contributed by atoms with E-state index < -0.39 is 0 Å². The van der Waals surface area contributed by atoms with Crippen LogP contribution in [0.1, 0.15) is 58.8 Å². The molecule has 4 heteroatoms. The third kappa shape index (κ3) is 5.36. The third-order valence-electron chi connectivity index (χ3n) is 3.93. The summed E-state index contributed by atoms with van der Waals surface area (Å²) in [5, 5.41) is 12.8. The van der Waals surface area contributed by atoms with Gasteiger partial charge in [-0.15, -0.1) is 0 Å². The predicted molar refractivity (Wildman–Crippen MR) is 73.1 cm³/mol. The maximum Gasteiger partial charge on any atom is 0.220 e. The van der Waals surface area contributed by atoms with Crippen LogP contribution in [0, 0.1) is 5.41 Å². The number of rotatable bonds is 6. The monoisotopic (exact) mass is 256 g/mol. The van der Waals surface area contributed by atoms with E-state index in [-0.39, 0.29) is 23.5 Å². The van der Waals surface area contributed by atoms with Crippen molar-refractivity contribution in [2.24, 2.45) is 11.1 Å². The molecule has 0 aromatic heterocycles. The Hall–Kier alpha value is -0.610. The van der Waals surface area contributed by atoms with E-state index in [0.29, 0.717) is 13.0 Å². The van der Waals surface area contributed by atoms with Crippen molar-refractivity contribution in [3.8, 4) is 0 Å². The van der Waals surface area contributed by atoms with Crippen molar-refractivity contribution in [1.82, 2.24) is 5.32 Å². The van der Waals surface area contributed by atoms with E-state index >= 15 is 0 Å². The molecule has 0 aromatic carbocycles. The average Bonchev–Trinajstić information content (AvgIpc) is 2.30. The normalized spacial score (nSPS) is 24.9. The standard InChI is InChI=1S/C14H28N2O2/c1-14(2,9-10-15)8-7-13(18)16-11-5-3-4-6-12(11)17/h11-12,17H,3-10,15H2,1-2H3,(H,16,18)/t11-,12-/m1/s1. The van der Waals surface area contributed by atoms with Crippen LogP contribution >= 0.6 is 0 Å². The summed E-state index contributed by atoms with van der Waals surface area (Å²) >= 11 is 0. The molecule has 0 bridgehead atoms. The lowest BCUT2D eigenvalue weighted by molar-refractivity contribution is -0.123. The maximum absolute atomic E-state index is 11.9. The summed E-state index contributed by atoms with van der Waals surface area (Å²) in [5.41, 5.74) is 5.68. The number of carbonyl (C=O) groups is 1. The zero-order chi connectivity index (χ0) is 13.6. The Bertz CT molecular complexity index is 267. The molecule has 1 rings (SSSR count). The molecule has 2 atom stereocenters. The molecule has 0 radical (unpaired) electrons. The summed E-state index contributed by atoms with van der Waals surface area (Å²) < 4.78 is 0. The van der Waals surface area contributed by atoms with E-state index in [1.54, 1.807) is 0 Å². The summed E-state index contributed by atoms with van der Waals surface area (Å²) in [4.78, 5) is 11.9. The van der Waals surface area contributed by atoms with Crippen LogP contribution in [0.15, 0.2) is 0 Å². The molecular formula is C14H28N2O2. The maximum atomic E-state index is 11.9. The van der Waals surface area contributed by atoms with Crippen LogP contribution in [-0.2, 0) is 4.79 Å². The van der Waals surface area contributed by atoms with Gasteiger partial charge in [0.05, 0.1) is 12.1 Å². The molecule has 0 aromatic rings. The van der Waals surface area contributed by atoms with Gasteiger partial charge in [-0.1, -0.05) is 26.7 Å². The molecule has 1 saturated carbocycles. The third-order valence-corrected chi connectivity index (χ3v) is 3.93. The van der Waals surface area contributed by atoms with Crippen LogP contribution in [0.25, 0.3) is 0 Å². The molecule has 4 N–H and O–H groups in total. The highest BCUT2D eigenvalue weighted by Crippen LogP contribution is 2.26. The lowest BCUT2D eigenvalue weighted by Gasteiger charge is -2.29. The summed E-state index contributed by atoms with van der Waals surface area (Å²) in [5.74, 6) is 0.0612. The predicted octanol–water partition coefficient (Wildman–Crippen LogP) is 1.56. The number of hydrogen-bond donors (Lipinski definition) is 3. The van der Waals surface area contributed by atoms with Crippen molar-refractivity contribution in [1.29, 1.82) is 0 Å². The molecule has 1 amide bonds. The van der Waals surface area contributed by atoms with Crippen molar-refractivity contribution in [3.05, 3.63) is 0 Å². The van der Waals surface area contributed by atoms with Gasteiger partial charge < -0.3 is 16.2 Å². The van der Waals surface area contributed by atoms with Gasteiger partial charge in [0.1, 0.15) is 0 Å². The van der Waals surface area contributed by atoms with Crippen LogP contribution in [-0.4, -0.2) is 29.7 Å². The Balaban J connectivity index is 2.28. The molecule has 0 saturated heterocycles. The van der Waals surface area contributed by atoms with Crippen LogP contribution < -0.4 is 11.1 Å². The van der Waals surface area contributed by atoms with E-state index in [9.17, 15) is 9.90 Å². The van der Waals surface area contributed by atoms with Crippen molar-refractivity contribution < 1.29 is 9.90 Å². The van der Waals surface area contributed by atoms with Gasteiger partial charge in [0.2, 0.25) is 5.91 Å². The molecule has 0 heterocycles. The van der Waals surface area contributed by atoms with Crippen molar-refractivity contribution in [2.45, 2.75) is 70.9 Å². The van der Waals surface area contributed by atoms with Gasteiger partial charge in [0.15, 0.2) is 0 Å². The Morgan fingerprint density at radius 3 is 2.61 bits per heavy atom. The first-order valence-electron chi connectivity index (χ1n) is 7.12. The van der Waals surface area contributed by atoms with E-state index in [2.05, 4.69) is 19.2 Å². The second kappa shape index (κ2) is 7.10. The van der Waals surface area contributed by atoms with Crippen molar-refractivity contribution >= 4 is 5.91 Å². The molecule has 0 unspecified atom stereocenters. The molecule has 0 aliphatic heterocycles. The average molecular weight is 256 g/mol. The van der Waals surface area contributed by atoms with Gasteiger partial charge in [-0.3, -0.25) is 4.79 Å². The number of hydrogen-bond acceptors (Lipinski definition) is 3. The SMILES string of the molecule is CC(C)(CCN)CCC(=O)N[C@@H]1CCCC[C@H]1O. The van der Waals surface area contributed by atoms with Gasteiger partial charge in [-0.05, 0) is 37.6 Å². The summed E-state index contributed by atoms with van der Waals surface area (Å²) in [6.07, 6.45) is 5.82. The fourth-order valence-electron chi connectivity index (χ4n) is 2.53. The minimum atomic E-state index is -0.361. The molecule has 18 heavy (non-hydrogen) atoms. The molecule has 1 aliphatic rings. The minimum absolute atomic E-state index is 0.0381. The topological polar surface area (TPSA) is 75.4 Å². The number of aliphatic hydroxyl groups is 1. The number of nitrogens with one attached hydrogen (secondary N) is 1. The highest BCUT2D eigenvalue weighted by atomic mass is 16.3. The van der Waals surface area contributed by atoms with Crippen LogP contribution in [0.3, 0.4) is 0 Å². The molecular weight excluding hydrogens is 228 g/mol. The van der Waals surface area contributed by atoms with Crippen molar-refractivity contribution in [3.63, 3.8) is 0 Å². The quantitative estimate of drug-likeness (QED) is 0.675. The first kappa shape index (κ1) is 15.4. The number of nitrogens with two attached hydrogens (primary N) is 1. The Morgan fingerprint density at radius 1 is 1.33 bits per heavy atom. The number of aliphatic hydroxyl groups excluding tert-OH is 1. The number of amides is 1. The van der Waals surface area contributed by atoms with Crippen molar-refractivity contribution in [2.75, 3.05) is 6.54 Å². The van der Waals surface area contributed by atoms with Crippen LogP contribution in [0.4, 0.5) is 0 Å². The van der Waals surface area contributed by atoms with E-state index in [1.165, 1.54) is 0 Å². The largest absolute Gasteiger partial charge is 0.391 e. The van der Waals surface area contributed by atoms with E-state index in [1.807, 2.05) is 0 Å². The smallest absolute Gasteiger partial charge is 0.220 e. The lowest BCUT2D eigenvalue weighted by atomic mass is 9.84. The summed E-state index contributed by atoms with van der Waals surface area (Å²) in [6.45, 7) is 4.95. The van der Waals surface area contributed by atoms with Crippen LogP contribution in [0.2, 0.25) is 0 Å². The van der Waals surface area contributed by atoms with E-state index in [0.717, 1.165) is 38.5 Å². The van der Waals surface area contributed by atoms with Crippen LogP contribution in [0.5, 0.6) is 0 Å². The Labute approximate surface area is 110 Å². The Kier molecular flexibility index (Phi) is 6.09. The van der Waals surface area contributed by atoms with Gasteiger partial charge in [-0.2, -0.15) is 0 Å². The van der Waals surface area contributed by atoms with E-state index in [4.69, 9.17) is 5.73 Å². The zero-order valence-electron chi connectivity index (χ0n) is 11.7. The summed E-state index contributed by atoms with van der Waals surface area (Å²) in [6, 6.07) is -0.0381. The Morgan fingerprint density at radius 2 is 2.00 bits per heavy atom. The first-order valence-corrected chi connectivity index (χ1v) is 7.12.